The zero-order chi connectivity index (χ0) is 18.0. The molecule has 0 fully saturated rings. The van der Waals surface area contributed by atoms with E-state index in [0.29, 0.717) is 0 Å². The number of hydrogen-bond acceptors (Lipinski definition) is 3. The second-order valence-electron chi connectivity index (χ2n) is 5.22. The number of benzene rings is 1. The molecule has 4 heterocycles. The van der Waals surface area contributed by atoms with Gasteiger partial charge in [-0.2, -0.15) is 0 Å². The van der Waals surface area contributed by atoms with Gasteiger partial charge < -0.3 is 9.55 Å². The van der Waals surface area contributed by atoms with Crippen molar-refractivity contribution in [1.29, 1.82) is 0 Å². The molecule has 0 saturated heterocycles. The van der Waals surface area contributed by atoms with Gasteiger partial charge in [0, 0.05) is 30.2 Å². The number of nitrogens with zero attached hydrogens (tertiary/aromatic N) is 4. The molecule has 5 heteroatoms. The maximum absolute atomic E-state index is 4.57. The first kappa shape index (κ1) is 16.9. The van der Waals surface area contributed by atoms with Crippen molar-refractivity contribution in [3.8, 4) is 0 Å². The van der Waals surface area contributed by atoms with E-state index in [-0.39, 0.29) is 0 Å². The number of aryl methyl sites for hydroxylation is 1. The normalized spacial score (nSPS) is 10.6. The minimum absolute atomic E-state index is 0.862. The van der Waals surface area contributed by atoms with E-state index in [0.717, 1.165) is 43.9 Å². The summed E-state index contributed by atoms with van der Waals surface area (Å²) in [5.74, 6) is 0. The third kappa shape index (κ3) is 2.43. The van der Waals surface area contributed by atoms with Crippen molar-refractivity contribution in [1.82, 2.24) is 24.5 Å². The predicted octanol–water partition coefficient (Wildman–Crippen LogP) is 5.20. The molecule has 0 aliphatic rings. The topological polar surface area (TPSA) is 59.4 Å². The van der Waals surface area contributed by atoms with Gasteiger partial charge in [0.25, 0.3) is 0 Å². The number of nitrogens with one attached hydrogen (secondary N) is 1. The molecule has 5 nitrogen and oxygen atoms in total. The number of pyridine rings is 1. The molecule has 1 aromatic carbocycles. The summed E-state index contributed by atoms with van der Waals surface area (Å²) in [6, 6.07) is 8.32. The molecule has 0 saturated carbocycles. The van der Waals surface area contributed by atoms with Gasteiger partial charge in [-0.25, -0.2) is 9.97 Å². The second-order valence-corrected chi connectivity index (χ2v) is 5.22. The molecule has 0 unspecified atom stereocenters. The van der Waals surface area contributed by atoms with Gasteiger partial charge in [0.2, 0.25) is 0 Å². The third-order valence-corrected chi connectivity index (χ3v) is 4.18. The highest BCUT2D eigenvalue weighted by Gasteiger charge is 2.15. The summed E-state index contributed by atoms with van der Waals surface area (Å²) in [4.78, 5) is 16.4. The van der Waals surface area contributed by atoms with Crippen LogP contribution in [0.2, 0.25) is 0 Å². The number of hydrogen-bond donors (Lipinski definition) is 1. The van der Waals surface area contributed by atoms with Gasteiger partial charge in [-0.1, -0.05) is 27.7 Å². The molecule has 4 aromatic heterocycles. The minimum Gasteiger partial charge on any atom is -0.342 e. The summed E-state index contributed by atoms with van der Waals surface area (Å²) in [6.07, 6.45) is 5.25. The van der Waals surface area contributed by atoms with E-state index in [2.05, 4.69) is 49.7 Å². The van der Waals surface area contributed by atoms with Crippen LogP contribution < -0.4 is 0 Å². The highest BCUT2D eigenvalue weighted by Crippen LogP contribution is 2.34. The number of aromatic nitrogens is 5. The molecule has 5 rings (SSSR count). The average Bonchev–Trinajstić information content (AvgIpc) is 3.21. The standard InChI is InChI=1S/C16H11N5.2C2H6/c1-21-11-5-4-9-10-7-17-8-19-16(10)20-14(9)13(11)15-12(21)3-2-6-18-15;2*1-2/h2-8H,1H3,(H,17,19,20);2*1-2H3. The maximum Gasteiger partial charge on any atom is 0.141 e. The highest BCUT2D eigenvalue weighted by atomic mass is 15.0. The Morgan fingerprint density at radius 3 is 2.52 bits per heavy atom. The Morgan fingerprint density at radius 1 is 0.920 bits per heavy atom. The molecule has 0 spiro atoms. The summed E-state index contributed by atoms with van der Waals surface area (Å²) in [5.41, 5.74) is 5.24. The van der Waals surface area contributed by atoms with Gasteiger partial charge in [-0.05, 0) is 24.3 Å². The quantitative estimate of drug-likeness (QED) is 0.423. The molecule has 5 aromatic rings. The lowest BCUT2D eigenvalue weighted by Crippen LogP contribution is -1.85. The Labute approximate surface area is 146 Å². The molecule has 0 aliphatic carbocycles. The smallest absolute Gasteiger partial charge is 0.141 e. The first-order valence-electron chi connectivity index (χ1n) is 8.78. The van der Waals surface area contributed by atoms with Gasteiger partial charge >= 0.3 is 0 Å². The molecule has 0 aliphatic heterocycles. The average molecular weight is 333 g/mol. The van der Waals surface area contributed by atoms with Crippen LogP contribution in [-0.4, -0.2) is 24.5 Å². The third-order valence-electron chi connectivity index (χ3n) is 4.18. The lowest BCUT2D eigenvalue weighted by atomic mass is 10.1. The fraction of sp³-hybridized carbons (Fsp3) is 0.250. The number of rotatable bonds is 0. The van der Waals surface area contributed by atoms with E-state index in [1.165, 1.54) is 0 Å². The Morgan fingerprint density at radius 2 is 1.72 bits per heavy atom. The van der Waals surface area contributed by atoms with Gasteiger partial charge in [0.1, 0.15) is 12.0 Å². The molecule has 128 valence electrons. The Kier molecular flexibility index (Phi) is 4.65. The van der Waals surface area contributed by atoms with Crippen LogP contribution in [0.1, 0.15) is 27.7 Å². The second kappa shape index (κ2) is 6.89. The van der Waals surface area contributed by atoms with Crippen molar-refractivity contribution < 1.29 is 0 Å². The predicted molar refractivity (Wildman–Crippen MR) is 106 cm³/mol. The van der Waals surface area contributed by atoms with Gasteiger partial charge in [-0.3, -0.25) is 4.98 Å². The van der Waals surface area contributed by atoms with E-state index >= 15 is 0 Å². The van der Waals surface area contributed by atoms with E-state index < -0.39 is 0 Å². The Balaban J connectivity index is 0.000000428. The van der Waals surface area contributed by atoms with E-state index in [1.807, 2.05) is 46.2 Å². The van der Waals surface area contributed by atoms with Gasteiger partial charge in [0.05, 0.1) is 27.5 Å². The van der Waals surface area contributed by atoms with Crippen molar-refractivity contribution in [2.24, 2.45) is 7.05 Å². The van der Waals surface area contributed by atoms with E-state index in [9.17, 15) is 0 Å². The molecule has 0 radical (unpaired) electrons. The van der Waals surface area contributed by atoms with Gasteiger partial charge in [0.15, 0.2) is 0 Å². The van der Waals surface area contributed by atoms with Crippen LogP contribution >= 0.6 is 0 Å². The zero-order valence-corrected chi connectivity index (χ0v) is 15.3. The van der Waals surface area contributed by atoms with Crippen molar-refractivity contribution in [3.05, 3.63) is 43.0 Å². The summed E-state index contributed by atoms with van der Waals surface area (Å²) in [7, 11) is 2.07. The van der Waals surface area contributed by atoms with Crippen molar-refractivity contribution >= 4 is 43.9 Å². The van der Waals surface area contributed by atoms with Crippen LogP contribution in [0.5, 0.6) is 0 Å². The van der Waals surface area contributed by atoms with E-state index in [1.54, 1.807) is 6.33 Å². The molecule has 25 heavy (non-hydrogen) atoms. The molecule has 0 bridgehead atoms. The largest absolute Gasteiger partial charge is 0.342 e. The lowest BCUT2D eigenvalue weighted by Gasteiger charge is -1.97. The number of aromatic amines is 1. The zero-order valence-electron chi connectivity index (χ0n) is 15.3. The van der Waals surface area contributed by atoms with Crippen molar-refractivity contribution in [2.75, 3.05) is 0 Å². The maximum atomic E-state index is 4.57. The minimum atomic E-state index is 0.862. The number of H-pyrrole nitrogens is 1. The Hall–Kier alpha value is -2.95. The van der Waals surface area contributed by atoms with Crippen molar-refractivity contribution in [2.45, 2.75) is 27.7 Å². The lowest BCUT2D eigenvalue weighted by molar-refractivity contribution is 1.01. The molecular formula is C20H23N5. The Bertz CT molecular complexity index is 1150. The summed E-state index contributed by atoms with van der Waals surface area (Å²) >= 11 is 0. The first-order chi connectivity index (χ1) is 12.3. The molecule has 0 amide bonds. The van der Waals surface area contributed by atoms with Crippen molar-refractivity contribution in [3.63, 3.8) is 0 Å². The van der Waals surface area contributed by atoms with E-state index in [4.69, 9.17) is 0 Å². The molecular weight excluding hydrogens is 310 g/mol. The summed E-state index contributed by atoms with van der Waals surface area (Å²) in [6.45, 7) is 8.00. The molecule has 0 atom stereocenters. The first-order valence-corrected chi connectivity index (χ1v) is 8.78. The van der Waals surface area contributed by atoms with Crippen LogP contribution in [0.25, 0.3) is 43.9 Å². The molecule has 1 N–H and O–H groups in total. The fourth-order valence-electron chi connectivity index (χ4n) is 3.20. The monoisotopic (exact) mass is 333 g/mol. The van der Waals surface area contributed by atoms with Crippen LogP contribution in [0.3, 0.4) is 0 Å². The van der Waals surface area contributed by atoms with Crippen LogP contribution in [0, 0.1) is 0 Å². The fourth-order valence-corrected chi connectivity index (χ4v) is 3.20. The SMILES string of the molecule is CC.CC.Cn1c2cccnc2c2c3[nH]c4ncncc4c3ccc21. The van der Waals surface area contributed by atoms with Gasteiger partial charge in [-0.15, -0.1) is 0 Å². The van der Waals surface area contributed by atoms with Crippen LogP contribution in [0.4, 0.5) is 0 Å². The summed E-state index contributed by atoms with van der Waals surface area (Å²) < 4.78 is 2.17. The highest BCUT2D eigenvalue weighted by molar-refractivity contribution is 6.23. The number of fused-ring (bicyclic) bond motifs is 7. The van der Waals surface area contributed by atoms with Crippen LogP contribution in [0.15, 0.2) is 43.0 Å². The van der Waals surface area contributed by atoms with Crippen LogP contribution in [-0.2, 0) is 7.05 Å². The summed E-state index contributed by atoms with van der Waals surface area (Å²) in [5, 5.41) is 3.32.